The fraction of sp³-hybridized carbons (Fsp3) is 0.667. The summed E-state index contributed by atoms with van der Waals surface area (Å²) >= 11 is 0. The average Bonchev–Trinajstić information content (AvgIpc) is 2.46. The number of carbonyl (C=O) groups is 1. The van der Waals surface area contributed by atoms with Crippen LogP contribution >= 0.6 is 8.86 Å². The molecule has 0 bridgehead atoms. The van der Waals surface area contributed by atoms with Gasteiger partial charge in [0.25, 0.3) is 0 Å². The lowest BCUT2D eigenvalue weighted by Crippen LogP contribution is -2.59. The lowest BCUT2D eigenvalue weighted by Gasteiger charge is -2.52. The Balaban J connectivity index is 1.84. The van der Waals surface area contributed by atoms with Gasteiger partial charge in [-0.2, -0.15) is 0 Å². The zero-order valence-electron chi connectivity index (χ0n) is 13.5. The number of allylic oxidation sites excluding steroid dienone is 2. The first-order valence-electron chi connectivity index (χ1n) is 8.14. The first kappa shape index (κ1) is 16.6. The van der Waals surface area contributed by atoms with Crippen LogP contribution < -0.4 is 0 Å². The van der Waals surface area contributed by atoms with Gasteiger partial charge in [0.15, 0.2) is 0 Å². The van der Waals surface area contributed by atoms with Crippen molar-refractivity contribution in [3.05, 3.63) is 24.3 Å². The second kappa shape index (κ2) is 7.03. The van der Waals surface area contributed by atoms with E-state index in [2.05, 4.69) is 46.3 Å². The van der Waals surface area contributed by atoms with Crippen LogP contribution in [0.3, 0.4) is 0 Å². The Hall–Kier alpha value is -0.720. The van der Waals surface area contributed by atoms with Crippen LogP contribution in [0.25, 0.3) is 0 Å². The summed E-state index contributed by atoms with van der Waals surface area (Å²) in [7, 11) is 3.81. The van der Waals surface area contributed by atoms with Crippen molar-refractivity contribution < 1.29 is 4.79 Å². The largest absolute Gasteiger partial charge is 0.300 e. The fourth-order valence-corrected chi connectivity index (χ4v) is 3.66. The molecule has 0 aromatic rings. The van der Waals surface area contributed by atoms with E-state index >= 15 is 0 Å². The van der Waals surface area contributed by atoms with Crippen molar-refractivity contribution in [3.63, 3.8) is 0 Å². The molecule has 0 amide bonds. The monoisotopic (exact) mass is 305 g/mol. The molecule has 1 unspecified atom stereocenters. The molecular weight excluding hydrogens is 277 g/mol. The highest BCUT2D eigenvalue weighted by Crippen LogP contribution is 2.43. The number of ketones is 1. The third-order valence-corrected chi connectivity index (χ3v) is 5.91. The van der Waals surface area contributed by atoms with E-state index in [1.165, 1.54) is 11.0 Å². The third kappa shape index (κ3) is 3.93. The average molecular weight is 305 g/mol. The zero-order valence-corrected chi connectivity index (χ0v) is 14.5. The van der Waals surface area contributed by atoms with Crippen LogP contribution in [0.15, 0.2) is 24.3 Å². The molecule has 2 aliphatic rings. The van der Waals surface area contributed by atoms with Gasteiger partial charge >= 0.3 is 0 Å². The first-order chi connectivity index (χ1) is 9.99. The van der Waals surface area contributed by atoms with Crippen LogP contribution in [0.5, 0.6) is 0 Å². The van der Waals surface area contributed by atoms with Crippen LogP contribution in [0.1, 0.15) is 52.4 Å². The van der Waals surface area contributed by atoms with E-state index in [-0.39, 0.29) is 0 Å². The maximum absolute atomic E-state index is 11.4. The van der Waals surface area contributed by atoms with Crippen LogP contribution in [0.4, 0.5) is 0 Å². The van der Waals surface area contributed by atoms with Gasteiger partial charge < -0.3 is 0 Å². The summed E-state index contributed by atoms with van der Waals surface area (Å²) in [5.41, 5.74) is 2.95. The van der Waals surface area contributed by atoms with Crippen LogP contribution in [0, 0.1) is 11.3 Å². The van der Waals surface area contributed by atoms with Crippen molar-refractivity contribution >= 4 is 20.1 Å². The van der Waals surface area contributed by atoms with Crippen molar-refractivity contribution in [3.8, 4) is 0 Å². The lowest BCUT2D eigenvalue weighted by atomic mass is 9.68. The molecule has 0 aromatic carbocycles. The smallest absolute Gasteiger partial charge is 0.132 e. The van der Waals surface area contributed by atoms with Crippen LogP contribution in [0.2, 0.25) is 0 Å². The Labute approximate surface area is 131 Å². The molecule has 3 heteroatoms. The van der Waals surface area contributed by atoms with Crippen molar-refractivity contribution in [2.75, 3.05) is 13.1 Å². The number of hydrogen-bond acceptors (Lipinski definition) is 1. The number of carbonyl (C=O) groups excluding carboxylic acids is 1. The number of Topliss-reactive ketones (excluding diaryl/α,β-unsaturated/α-hetero) is 1. The number of nitrogens with zero attached hydrogens (tertiary/aromatic N) is 1. The Morgan fingerprint density at radius 2 is 2.05 bits per heavy atom. The molecule has 2 rings (SSSR count). The molecule has 1 atom stereocenters. The molecule has 0 aromatic heterocycles. The van der Waals surface area contributed by atoms with Gasteiger partial charge in [0.1, 0.15) is 5.78 Å². The van der Waals surface area contributed by atoms with Crippen LogP contribution in [-0.4, -0.2) is 29.2 Å². The topological polar surface area (TPSA) is 20.3 Å². The molecule has 21 heavy (non-hydrogen) atoms. The van der Waals surface area contributed by atoms with Gasteiger partial charge in [0, 0.05) is 31.3 Å². The zero-order chi connectivity index (χ0) is 15.5. The molecule has 1 spiro atoms. The summed E-state index contributed by atoms with van der Waals surface area (Å²) in [6.45, 7) is 10.5. The van der Waals surface area contributed by atoms with Crippen molar-refractivity contribution in [1.29, 1.82) is 0 Å². The predicted molar refractivity (Wildman–Crippen MR) is 93.2 cm³/mol. The summed E-state index contributed by atoms with van der Waals surface area (Å²) in [5, 5.41) is 0. The molecule has 0 N–H and O–H groups in total. The number of likely N-dealkylation sites (tertiary alicyclic amines) is 1. The van der Waals surface area contributed by atoms with Gasteiger partial charge in [-0.25, -0.2) is 0 Å². The molecular formula is C18H28NOP. The van der Waals surface area contributed by atoms with Crippen molar-refractivity contribution in [1.82, 2.24) is 4.90 Å². The van der Waals surface area contributed by atoms with Gasteiger partial charge in [-0.05, 0) is 49.5 Å². The molecule has 2 nitrogen and oxygen atoms in total. The Kier molecular flexibility index (Phi) is 5.57. The lowest BCUT2D eigenvalue weighted by molar-refractivity contribution is -0.124. The van der Waals surface area contributed by atoms with Gasteiger partial charge in [-0.3, -0.25) is 9.69 Å². The van der Waals surface area contributed by atoms with E-state index in [0.29, 0.717) is 17.1 Å². The quantitative estimate of drug-likeness (QED) is 0.540. The molecule has 2 fully saturated rings. The minimum absolute atomic E-state index is 0.416. The Morgan fingerprint density at radius 1 is 1.43 bits per heavy atom. The van der Waals surface area contributed by atoms with E-state index in [1.807, 2.05) is 0 Å². The normalized spacial score (nSPS) is 23.7. The highest BCUT2D eigenvalue weighted by Gasteiger charge is 2.45. The maximum atomic E-state index is 11.4. The number of hydrogen-bond donors (Lipinski definition) is 0. The fourth-order valence-electron chi connectivity index (χ4n) is 3.40. The van der Waals surface area contributed by atoms with E-state index in [4.69, 9.17) is 0 Å². The predicted octanol–water partition coefficient (Wildman–Crippen LogP) is 4.25. The highest BCUT2D eigenvalue weighted by molar-refractivity contribution is 7.21. The van der Waals surface area contributed by atoms with Crippen LogP contribution in [-0.2, 0) is 4.79 Å². The first-order valence-corrected chi connectivity index (χ1v) is 8.64. The minimum atomic E-state index is 0.416. The highest BCUT2D eigenvalue weighted by atomic mass is 31.0. The van der Waals surface area contributed by atoms with E-state index in [9.17, 15) is 4.79 Å². The minimum Gasteiger partial charge on any atom is -0.300 e. The van der Waals surface area contributed by atoms with Gasteiger partial charge in [-0.15, -0.1) is 15.4 Å². The molecule has 1 heterocycles. The summed E-state index contributed by atoms with van der Waals surface area (Å²) in [5.74, 6) is 1.03. The van der Waals surface area contributed by atoms with Gasteiger partial charge in [0.2, 0.25) is 0 Å². The Morgan fingerprint density at radius 3 is 2.57 bits per heavy atom. The molecule has 1 saturated carbocycles. The summed E-state index contributed by atoms with van der Waals surface area (Å²) < 4.78 is 0. The summed E-state index contributed by atoms with van der Waals surface area (Å²) in [6, 6.07) is 0. The molecule has 1 saturated heterocycles. The standard InChI is InChI=1S/C18H28NOP/c1-4-15(5-2)7-6-14(3)17(21)19-12-18(13-19)10-8-16(20)9-11-18/h4,6,15,21H,1,5,7-13H2,2-3H3/b14-6+. The van der Waals surface area contributed by atoms with E-state index < -0.39 is 0 Å². The van der Waals surface area contributed by atoms with Gasteiger partial charge in [0.05, 0.1) is 0 Å². The van der Waals surface area contributed by atoms with E-state index in [0.717, 1.165) is 51.6 Å². The SMILES string of the molecule is C=CC(CC)C/C=C(\C)C(=P)N1CC2(CCC(=O)CC2)C1. The molecule has 0 radical (unpaired) electrons. The Bertz CT molecular complexity index is 448. The van der Waals surface area contributed by atoms with E-state index in [1.54, 1.807) is 0 Å². The third-order valence-electron chi connectivity index (χ3n) is 5.20. The van der Waals surface area contributed by atoms with Gasteiger partial charge in [-0.1, -0.05) is 19.1 Å². The molecule has 1 aliphatic heterocycles. The summed E-state index contributed by atoms with van der Waals surface area (Å²) in [4.78, 5) is 13.8. The van der Waals surface area contributed by atoms with Crippen molar-refractivity contribution in [2.24, 2.45) is 11.3 Å². The maximum Gasteiger partial charge on any atom is 0.132 e. The second-order valence-corrected chi connectivity index (χ2v) is 7.24. The molecule has 1 aliphatic carbocycles. The second-order valence-electron chi connectivity index (χ2n) is 6.77. The number of rotatable bonds is 6. The summed E-state index contributed by atoms with van der Waals surface area (Å²) in [6.07, 6.45) is 10.3. The van der Waals surface area contributed by atoms with Crippen molar-refractivity contribution in [2.45, 2.75) is 52.4 Å². The molecule has 116 valence electrons.